The molecular formula is C19H27ClN2O5. The summed E-state index contributed by atoms with van der Waals surface area (Å²) in [5, 5.41) is 0.425. The first-order chi connectivity index (χ1) is 12.6. The number of carbonyl (C=O) groups is 2. The minimum Gasteiger partial charge on any atom is -0.474 e. The van der Waals surface area contributed by atoms with Gasteiger partial charge < -0.3 is 14.2 Å². The molecule has 1 aliphatic rings. The molecule has 2 rings (SSSR count). The van der Waals surface area contributed by atoms with Gasteiger partial charge in [-0.2, -0.15) is 0 Å². The molecule has 1 fully saturated rings. The highest BCUT2D eigenvalue weighted by atomic mass is 35.5. The Morgan fingerprint density at radius 2 is 2.04 bits per heavy atom. The fraction of sp³-hybridized carbons (Fsp3) is 0.632. The van der Waals surface area contributed by atoms with Gasteiger partial charge in [0.1, 0.15) is 17.7 Å². The molecule has 1 aliphatic carbocycles. The topological polar surface area (TPSA) is 78.0 Å². The number of amides is 1. The van der Waals surface area contributed by atoms with Crippen molar-refractivity contribution in [3.05, 3.63) is 22.8 Å². The average molecular weight is 399 g/mol. The van der Waals surface area contributed by atoms with Gasteiger partial charge >= 0.3 is 12.1 Å². The van der Waals surface area contributed by atoms with Gasteiger partial charge in [0.2, 0.25) is 5.88 Å². The van der Waals surface area contributed by atoms with Gasteiger partial charge in [-0.3, -0.25) is 4.90 Å². The lowest BCUT2D eigenvalue weighted by molar-refractivity contribution is -0.146. The standard InChI is InChI=1S/C19H27ClN2O5/c1-19(2,3)27-18(24)22(4)15(17(23)25-5)10-12-9-13(20)11-21-16(12)26-14-7-6-8-14/h9,11,14-15H,6-8,10H2,1-5H3/t15-/m0/s1. The Bertz CT molecular complexity index is 685. The molecule has 27 heavy (non-hydrogen) atoms. The molecule has 7 nitrogen and oxygen atoms in total. The second kappa shape index (κ2) is 8.78. The lowest BCUT2D eigenvalue weighted by Crippen LogP contribution is -2.46. The van der Waals surface area contributed by atoms with Crippen LogP contribution in [0.4, 0.5) is 4.79 Å². The summed E-state index contributed by atoms with van der Waals surface area (Å²) < 4.78 is 16.2. The first-order valence-electron chi connectivity index (χ1n) is 8.95. The highest BCUT2D eigenvalue weighted by Gasteiger charge is 2.32. The third kappa shape index (κ3) is 5.99. The molecule has 0 N–H and O–H groups in total. The Morgan fingerprint density at radius 1 is 1.37 bits per heavy atom. The minimum absolute atomic E-state index is 0.123. The molecule has 0 spiro atoms. The zero-order valence-electron chi connectivity index (χ0n) is 16.5. The van der Waals surface area contributed by atoms with Crippen LogP contribution in [0.2, 0.25) is 5.02 Å². The minimum atomic E-state index is -0.895. The Balaban J connectivity index is 2.23. The van der Waals surface area contributed by atoms with E-state index in [1.54, 1.807) is 26.8 Å². The third-order valence-electron chi connectivity index (χ3n) is 4.26. The average Bonchev–Trinajstić information content (AvgIpc) is 2.54. The molecule has 1 amide bonds. The van der Waals surface area contributed by atoms with E-state index in [0.717, 1.165) is 19.3 Å². The van der Waals surface area contributed by atoms with Gasteiger partial charge in [-0.15, -0.1) is 0 Å². The summed E-state index contributed by atoms with van der Waals surface area (Å²) in [7, 11) is 2.78. The van der Waals surface area contributed by atoms with E-state index < -0.39 is 23.7 Å². The van der Waals surface area contributed by atoms with Gasteiger partial charge in [-0.05, 0) is 46.1 Å². The van der Waals surface area contributed by atoms with Crippen LogP contribution in [0.15, 0.2) is 12.3 Å². The predicted octanol–water partition coefficient (Wildman–Crippen LogP) is 3.62. The molecule has 1 aromatic rings. The Labute approximate surface area is 164 Å². The van der Waals surface area contributed by atoms with Crippen molar-refractivity contribution in [1.82, 2.24) is 9.88 Å². The molecule has 8 heteroatoms. The van der Waals surface area contributed by atoms with Gasteiger partial charge in [-0.1, -0.05) is 11.6 Å². The van der Waals surface area contributed by atoms with Crippen LogP contribution in [0.1, 0.15) is 45.6 Å². The molecule has 150 valence electrons. The predicted molar refractivity (Wildman–Crippen MR) is 101 cm³/mol. The maximum absolute atomic E-state index is 12.4. The number of rotatable bonds is 6. The van der Waals surface area contributed by atoms with E-state index in [4.69, 9.17) is 25.8 Å². The number of nitrogens with zero attached hydrogens (tertiary/aromatic N) is 2. The van der Waals surface area contributed by atoms with E-state index in [2.05, 4.69) is 4.98 Å². The number of pyridine rings is 1. The zero-order chi connectivity index (χ0) is 20.2. The number of methoxy groups -OCH3 is 1. The van der Waals surface area contributed by atoms with Gasteiger partial charge in [0.25, 0.3) is 0 Å². The second-order valence-electron chi connectivity index (χ2n) is 7.62. The molecule has 1 atom stereocenters. The molecular weight excluding hydrogens is 372 g/mol. The Kier molecular flexibility index (Phi) is 6.92. The summed E-state index contributed by atoms with van der Waals surface area (Å²) >= 11 is 6.09. The maximum atomic E-state index is 12.4. The van der Waals surface area contributed by atoms with Crippen LogP contribution in [0, 0.1) is 0 Å². The summed E-state index contributed by atoms with van der Waals surface area (Å²) in [5.74, 6) is -0.131. The largest absolute Gasteiger partial charge is 0.474 e. The summed E-state index contributed by atoms with van der Waals surface area (Å²) in [5.41, 5.74) is -0.0394. The molecule has 1 saturated carbocycles. The van der Waals surface area contributed by atoms with E-state index in [0.29, 0.717) is 16.5 Å². The molecule has 0 unspecified atom stereocenters. The SMILES string of the molecule is COC(=O)[C@H](Cc1cc(Cl)cnc1OC1CCC1)N(C)C(=O)OC(C)(C)C. The molecule has 0 aromatic carbocycles. The van der Waals surface area contributed by atoms with Crippen LogP contribution in [0.25, 0.3) is 0 Å². The van der Waals surface area contributed by atoms with Crippen molar-refractivity contribution >= 4 is 23.7 Å². The van der Waals surface area contributed by atoms with Crippen molar-refractivity contribution in [3.63, 3.8) is 0 Å². The van der Waals surface area contributed by atoms with E-state index >= 15 is 0 Å². The highest BCUT2D eigenvalue weighted by molar-refractivity contribution is 6.30. The fourth-order valence-corrected chi connectivity index (χ4v) is 2.73. The van der Waals surface area contributed by atoms with Crippen molar-refractivity contribution < 1.29 is 23.8 Å². The van der Waals surface area contributed by atoms with Crippen molar-refractivity contribution in [3.8, 4) is 5.88 Å². The Morgan fingerprint density at radius 3 is 2.56 bits per heavy atom. The van der Waals surface area contributed by atoms with E-state index in [1.807, 2.05) is 0 Å². The molecule has 0 radical (unpaired) electrons. The lowest BCUT2D eigenvalue weighted by atomic mass is 9.96. The van der Waals surface area contributed by atoms with Gasteiger partial charge in [-0.25, -0.2) is 14.6 Å². The lowest BCUT2D eigenvalue weighted by Gasteiger charge is -2.30. The van der Waals surface area contributed by atoms with Crippen molar-refractivity contribution in [2.45, 2.75) is 64.2 Å². The summed E-state index contributed by atoms with van der Waals surface area (Å²) in [6, 6.07) is 0.801. The maximum Gasteiger partial charge on any atom is 0.410 e. The third-order valence-corrected chi connectivity index (χ3v) is 4.46. The van der Waals surface area contributed by atoms with Crippen LogP contribution in [-0.4, -0.2) is 53.9 Å². The zero-order valence-corrected chi connectivity index (χ0v) is 17.2. The normalized spacial score (nSPS) is 15.5. The first-order valence-corrected chi connectivity index (χ1v) is 9.33. The Hall–Kier alpha value is -2.02. The number of esters is 1. The van der Waals surface area contributed by atoms with Crippen molar-refractivity contribution in [2.75, 3.05) is 14.2 Å². The number of ether oxygens (including phenoxy) is 3. The number of hydrogen-bond donors (Lipinski definition) is 0. The van der Waals surface area contributed by atoms with Crippen LogP contribution in [0.5, 0.6) is 5.88 Å². The number of carbonyl (C=O) groups excluding carboxylic acids is 2. The van der Waals surface area contributed by atoms with Gasteiger partial charge in [0, 0.05) is 25.2 Å². The smallest absolute Gasteiger partial charge is 0.410 e. The van der Waals surface area contributed by atoms with Crippen molar-refractivity contribution in [2.24, 2.45) is 0 Å². The van der Waals surface area contributed by atoms with Gasteiger partial charge in [0.05, 0.1) is 12.1 Å². The van der Waals surface area contributed by atoms with Crippen LogP contribution >= 0.6 is 11.6 Å². The summed E-state index contributed by atoms with van der Waals surface area (Å²) in [6.07, 6.45) is 4.23. The number of aromatic nitrogens is 1. The fourth-order valence-electron chi connectivity index (χ4n) is 2.55. The van der Waals surface area contributed by atoms with E-state index in [9.17, 15) is 9.59 Å². The van der Waals surface area contributed by atoms with Crippen molar-refractivity contribution in [1.29, 1.82) is 0 Å². The quantitative estimate of drug-likeness (QED) is 0.681. The molecule has 1 aromatic heterocycles. The monoisotopic (exact) mass is 398 g/mol. The molecule has 1 heterocycles. The number of likely N-dealkylation sites (N-methyl/N-ethyl adjacent to an activating group) is 1. The van der Waals surface area contributed by atoms with E-state index in [1.165, 1.54) is 25.3 Å². The molecule has 0 saturated heterocycles. The first kappa shape index (κ1) is 21.3. The van der Waals surface area contributed by atoms with Crippen LogP contribution in [-0.2, 0) is 20.7 Å². The van der Waals surface area contributed by atoms with Crippen LogP contribution < -0.4 is 4.74 Å². The summed E-state index contributed by atoms with van der Waals surface area (Å²) in [6.45, 7) is 5.28. The van der Waals surface area contributed by atoms with Crippen LogP contribution in [0.3, 0.4) is 0 Å². The molecule has 0 aliphatic heterocycles. The summed E-state index contributed by atoms with van der Waals surface area (Å²) in [4.78, 5) is 30.3. The van der Waals surface area contributed by atoms with E-state index in [-0.39, 0.29) is 12.5 Å². The highest BCUT2D eigenvalue weighted by Crippen LogP contribution is 2.29. The molecule has 0 bridgehead atoms. The number of hydrogen-bond acceptors (Lipinski definition) is 6. The second-order valence-corrected chi connectivity index (χ2v) is 8.06. The number of halogens is 1. The van der Waals surface area contributed by atoms with Gasteiger partial charge in [0.15, 0.2) is 0 Å².